The number of carboxylic acids is 2. The zero-order valence-corrected chi connectivity index (χ0v) is 14.9. The van der Waals surface area contributed by atoms with E-state index < -0.39 is 79.8 Å². The van der Waals surface area contributed by atoms with Crippen molar-refractivity contribution < 1.29 is 44.1 Å². The molecular weight excluding hydrogens is 382 g/mol. The zero-order valence-electron chi connectivity index (χ0n) is 14.9. The lowest BCUT2D eigenvalue weighted by Crippen LogP contribution is -2.52. The predicted molar refractivity (Wildman–Crippen MR) is 90.5 cm³/mol. The number of nitrogens with one attached hydrogen (secondary N) is 4. The van der Waals surface area contributed by atoms with Gasteiger partial charge in [0.2, 0.25) is 23.6 Å². The first kappa shape index (κ1) is 24.7. The number of hydrogen-bond donors (Lipinski definition) is 8. The van der Waals surface area contributed by atoms with Gasteiger partial charge >= 0.3 is 11.9 Å². The fraction of sp³-hybridized carbons (Fsp3) is 0.571. The number of nitrogens with two attached hydrogens (primary N) is 1. The van der Waals surface area contributed by atoms with Gasteiger partial charge in [-0.3, -0.25) is 24.0 Å². The molecule has 14 nitrogen and oxygen atoms in total. The topological polar surface area (TPSA) is 237 Å². The first-order chi connectivity index (χ1) is 13.0. The van der Waals surface area contributed by atoms with Crippen molar-refractivity contribution in [1.29, 1.82) is 0 Å². The van der Waals surface area contributed by atoms with Crippen LogP contribution in [0.2, 0.25) is 0 Å². The minimum Gasteiger partial charge on any atom is -0.481 e. The third kappa shape index (κ3) is 10.0. The molecule has 0 rings (SSSR count). The number of rotatable bonds is 12. The highest BCUT2D eigenvalue weighted by Crippen LogP contribution is 1.92. The Morgan fingerprint density at radius 1 is 0.893 bits per heavy atom. The predicted octanol–water partition coefficient (Wildman–Crippen LogP) is -4.91. The summed E-state index contributed by atoms with van der Waals surface area (Å²) in [5.41, 5.74) is 5.27. The van der Waals surface area contributed by atoms with Crippen LogP contribution < -0.4 is 27.0 Å². The summed E-state index contributed by atoms with van der Waals surface area (Å²) in [7, 11) is 0. The largest absolute Gasteiger partial charge is 0.481 e. The van der Waals surface area contributed by atoms with Gasteiger partial charge in [-0.25, -0.2) is 4.79 Å². The number of aliphatic carboxylic acids is 2. The van der Waals surface area contributed by atoms with E-state index in [0.29, 0.717) is 0 Å². The molecule has 9 N–H and O–H groups in total. The molecule has 0 aliphatic heterocycles. The van der Waals surface area contributed by atoms with Crippen LogP contribution in [0.25, 0.3) is 0 Å². The third-order valence-electron chi connectivity index (χ3n) is 3.17. The van der Waals surface area contributed by atoms with Crippen LogP contribution in [0.4, 0.5) is 0 Å². The van der Waals surface area contributed by atoms with Crippen LogP contribution in [0.3, 0.4) is 0 Å². The number of amides is 4. The minimum absolute atomic E-state index is 0.546. The van der Waals surface area contributed by atoms with E-state index in [2.05, 4.69) is 16.0 Å². The van der Waals surface area contributed by atoms with Gasteiger partial charge in [-0.1, -0.05) is 0 Å². The van der Waals surface area contributed by atoms with E-state index in [9.17, 15) is 28.8 Å². The standard InChI is InChI=1S/C14H23N5O9/c1-6(18-13(26)7(15)5-20)12(25)17-3-9(21)16-4-10(22)19-8(14(27)28)2-11(23)24/h6-8,20H,2-5,15H2,1H3,(H,16,21)(H,17,25)(H,18,26)(H,19,22)(H,23,24)(H,27,28)/t6-,7-,8-/m0/s1. The van der Waals surface area contributed by atoms with Gasteiger partial charge in [-0.15, -0.1) is 0 Å². The fourth-order valence-corrected chi connectivity index (χ4v) is 1.65. The van der Waals surface area contributed by atoms with Gasteiger partial charge < -0.3 is 42.3 Å². The van der Waals surface area contributed by atoms with E-state index in [-0.39, 0.29) is 0 Å². The van der Waals surface area contributed by atoms with Crippen molar-refractivity contribution in [3.8, 4) is 0 Å². The Bertz CT molecular complexity index is 624. The Hall–Kier alpha value is -3.26. The molecule has 0 fully saturated rings. The highest BCUT2D eigenvalue weighted by Gasteiger charge is 2.23. The molecule has 0 aromatic carbocycles. The summed E-state index contributed by atoms with van der Waals surface area (Å²) in [6.45, 7) is -0.484. The van der Waals surface area contributed by atoms with Crippen LogP contribution in [0.5, 0.6) is 0 Å². The molecule has 0 aliphatic carbocycles. The second-order valence-electron chi connectivity index (χ2n) is 5.57. The van der Waals surface area contributed by atoms with Crippen molar-refractivity contribution >= 4 is 35.6 Å². The highest BCUT2D eigenvalue weighted by atomic mass is 16.4. The van der Waals surface area contributed by atoms with E-state index in [0.717, 1.165) is 0 Å². The molecule has 0 aliphatic rings. The summed E-state index contributed by atoms with van der Waals surface area (Å²) >= 11 is 0. The molecular formula is C14H23N5O9. The lowest BCUT2D eigenvalue weighted by atomic mass is 10.2. The van der Waals surface area contributed by atoms with Crippen LogP contribution in [-0.4, -0.2) is 88.7 Å². The SMILES string of the molecule is C[C@H](NC(=O)[C@@H](N)CO)C(=O)NCC(=O)NCC(=O)N[C@@H](CC(=O)O)C(=O)O. The van der Waals surface area contributed by atoms with Crippen molar-refractivity contribution in [3.05, 3.63) is 0 Å². The minimum atomic E-state index is -1.66. The molecule has 28 heavy (non-hydrogen) atoms. The molecule has 14 heteroatoms. The normalized spacial score (nSPS) is 13.4. The highest BCUT2D eigenvalue weighted by molar-refractivity contribution is 5.93. The lowest BCUT2D eigenvalue weighted by molar-refractivity contribution is -0.147. The number of carbonyl (C=O) groups is 6. The van der Waals surface area contributed by atoms with Gasteiger partial charge in [0.15, 0.2) is 0 Å². The molecule has 4 amide bonds. The van der Waals surface area contributed by atoms with Crippen molar-refractivity contribution in [2.45, 2.75) is 31.5 Å². The van der Waals surface area contributed by atoms with Crippen LogP contribution >= 0.6 is 0 Å². The van der Waals surface area contributed by atoms with Gasteiger partial charge in [0.1, 0.15) is 18.1 Å². The van der Waals surface area contributed by atoms with Gasteiger partial charge in [-0.2, -0.15) is 0 Å². The van der Waals surface area contributed by atoms with Crippen LogP contribution in [0, 0.1) is 0 Å². The Morgan fingerprint density at radius 2 is 1.46 bits per heavy atom. The number of aliphatic hydroxyl groups excluding tert-OH is 1. The fourth-order valence-electron chi connectivity index (χ4n) is 1.65. The Labute approximate surface area is 158 Å². The van der Waals surface area contributed by atoms with Gasteiger partial charge in [-0.05, 0) is 6.92 Å². The maximum Gasteiger partial charge on any atom is 0.326 e. The lowest BCUT2D eigenvalue weighted by Gasteiger charge is -2.16. The second kappa shape index (κ2) is 12.2. The van der Waals surface area contributed by atoms with Crippen molar-refractivity contribution in [1.82, 2.24) is 21.3 Å². The third-order valence-corrected chi connectivity index (χ3v) is 3.17. The first-order valence-electron chi connectivity index (χ1n) is 7.93. The number of carbonyl (C=O) groups excluding carboxylic acids is 4. The van der Waals surface area contributed by atoms with E-state index in [1.165, 1.54) is 6.92 Å². The Kier molecular flexibility index (Phi) is 10.8. The smallest absolute Gasteiger partial charge is 0.326 e. The molecule has 3 atom stereocenters. The first-order valence-corrected chi connectivity index (χ1v) is 7.93. The second-order valence-corrected chi connectivity index (χ2v) is 5.57. The molecule has 158 valence electrons. The van der Waals surface area contributed by atoms with Crippen molar-refractivity contribution in [2.75, 3.05) is 19.7 Å². The molecule has 0 saturated carbocycles. The Balaban J connectivity index is 4.29. The van der Waals surface area contributed by atoms with Gasteiger partial charge in [0, 0.05) is 0 Å². The van der Waals surface area contributed by atoms with Gasteiger partial charge in [0.25, 0.3) is 0 Å². The van der Waals surface area contributed by atoms with Crippen LogP contribution in [0.1, 0.15) is 13.3 Å². The average molecular weight is 405 g/mol. The molecule has 0 saturated heterocycles. The maximum atomic E-state index is 11.7. The van der Waals surface area contributed by atoms with Crippen molar-refractivity contribution in [3.63, 3.8) is 0 Å². The molecule has 0 spiro atoms. The zero-order chi connectivity index (χ0) is 21.9. The van der Waals surface area contributed by atoms with E-state index in [1.54, 1.807) is 0 Å². The summed E-state index contributed by atoms with van der Waals surface area (Å²) in [6.07, 6.45) is -0.839. The summed E-state index contributed by atoms with van der Waals surface area (Å²) in [5.74, 6) is -6.20. The molecule has 0 radical (unpaired) electrons. The summed E-state index contributed by atoms with van der Waals surface area (Å²) in [6, 6.07) is -3.90. The number of aliphatic hydroxyl groups is 1. The average Bonchev–Trinajstić information content (AvgIpc) is 2.62. The van der Waals surface area contributed by atoms with Crippen molar-refractivity contribution in [2.24, 2.45) is 5.73 Å². The number of carboxylic acid groups (broad SMARTS) is 2. The number of hydrogen-bond acceptors (Lipinski definition) is 8. The maximum absolute atomic E-state index is 11.7. The molecule has 0 heterocycles. The molecule has 0 unspecified atom stereocenters. The Morgan fingerprint density at radius 3 is 1.96 bits per heavy atom. The summed E-state index contributed by atoms with van der Waals surface area (Å²) < 4.78 is 0. The summed E-state index contributed by atoms with van der Waals surface area (Å²) in [5, 5.41) is 34.5. The van der Waals surface area contributed by atoms with E-state index in [1.807, 2.05) is 5.32 Å². The molecule has 0 bridgehead atoms. The molecule has 0 aromatic heterocycles. The van der Waals surface area contributed by atoms with Crippen LogP contribution in [0.15, 0.2) is 0 Å². The van der Waals surface area contributed by atoms with E-state index in [4.69, 9.17) is 21.1 Å². The van der Waals surface area contributed by atoms with Crippen LogP contribution in [-0.2, 0) is 28.8 Å². The quantitative estimate of drug-likeness (QED) is 0.154. The molecule has 0 aromatic rings. The van der Waals surface area contributed by atoms with Gasteiger partial charge in [0.05, 0.1) is 26.1 Å². The monoisotopic (exact) mass is 405 g/mol. The summed E-state index contributed by atoms with van der Waals surface area (Å²) in [4.78, 5) is 67.7. The van der Waals surface area contributed by atoms with E-state index >= 15 is 0 Å².